The zero-order chi connectivity index (χ0) is 10.7. The minimum absolute atomic E-state index is 0.222. The van der Waals surface area contributed by atoms with E-state index in [2.05, 4.69) is 28.7 Å². The second kappa shape index (κ2) is 4.92. The molecule has 78 valence electrons. The quantitative estimate of drug-likeness (QED) is 0.596. The average molecular weight is 312 g/mol. The monoisotopic (exact) mass is 312 g/mol. The molecule has 0 unspecified atom stereocenters. The first-order valence-corrected chi connectivity index (χ1v) is 6.35. The Morgan fingerprint density at radius 3 is 2.67 bits per heavy atom. The molecule has 2 heteroatoms. The van der Waals surface area contributed by atoms with Crippen molar-refractivity contribution >= 4 is 28.4 Å². The highest BCUT2D eigenvalue weighted by Crippen LogP contribution is 2.23. The fourth-order valence-corrected chi connectivity index (χ4v) is 2.50. The van der Waals surface area contributed by atoms with Crippen LogP contribution in [0.1, 0.15) is 36.0 Å². The molecule has 0 radical (unpaired) electrons. The Kier molecular flexibility index (Phi) is 3.57. The maximum Gasteiger partial charge on any atom is 0.189 e. The third-order valence-electron chi connectivity index (χ3n) is 2.70. The molecule has 2 rings (SSSR count). The lowest BCUT2D eigenvalue weighted by atomic mass is 9.93. The van der Waals surface area contributed by atoms with E-state index in [1.807, 2.05) is 24.3 Å². The lowest BCUT2D eigenvalue weighted by Gasteiger charge is -2.12. The van der Waals surface area contributed by atoms with Crippen molar-refractivity contribution in [2.24, 2.45) is 0 Å². The molecule has 0 heterocycles. The smallest absolute Gasteiger partial charge is 0.189 e. The Morgan fingerprint density at radius 1 is 1.20 bits per heavy atom. The van der Waals surface area contributed by atoms with Gasteiger partial charge >= 0.3 is 0 Å². The summed E-state index contributed by atoms with van der Waals surface area (Å²) >= 11 is 2.22. The van der Waals surface area contributed by atoms with Crippen molar-refractivity contribution < 1.29 is 4.79 Å². The third-order valence-corrected chi connectivity index (χ3v) is 3.64. The van der Waals surface area contributed by atoms with Gasteiger partial charge in [0.15, 0.2) is 5.78 Å². The van der Waals surface area contributed by atoms with Gasteiger partial charge < -0.3 is 0 Å². The van der Waals surface area contributed by atoms with Gasteiger partial charge in [-0.1, -0.05) is 18.2 Å². The second-order valence-electron chi connectivity index (χ2n) is 3.78. The van der Waals surface area contributed by atoms with Crippen molar-refractivity contribution in [1.29, 1.82) is 0 Å². The number of rotatable bonds is 2. The van der Waals surface area contributed by atoms with Gasteiger partial charge in [0.05, 0.1) is 0 Å². The molecular formula is C13H13IO. The van der Waals surface area contributed by atoms with Crippen molar-refractivity contribution in [1.82, 2.24) is 0 Å². The van der Waals surface area contributed by atoms with Gasteiger partial charge in [0.2, 0.25) is 0 Å². The molecule has 1 aromatic rings. The molecule has 0 atom stereocenters. The number of carbonyl (C=O) groups is 1. The van der Waals surface area contributed by atoms with Crippen LogP contribution < -0.4 is 0 Å². The van der Waals surface area contributed by atoms with Crippen LogP contribution in [0.4, 0.5) is 0 Å². The molecule has 0 saturated carbocycles. The lowest BCUT2D eigenvalue weighted by molar-refractivity contribution is 0.102. The fourth-order valence-electron chi connectivity index (χ4n) is 1.86. The molecule has 0 spiro atoms. The topological polar surface area (TPSA) is 17.1 Å². The van der Waals surface area contributed by atoms with E-state index in [4.69, 9.17) is 0 Å². The molecule has 0 saturated heterocycles. The Morgan fingerprint density at radius 2 is 2.00 bits per heavy atom. The van der Waals surface area contributed by atoms with Gasteiger partial charge in [-0.25, -0.2) is 0 Å². The van der Waals surface area contributed by atoms with Crippen LogP contribution in [0.5, 0.6) is 0 Å². The van der Waals surface area contributed by atoms with Crippen LogP contribution in [0.3, 0.4) is 0 Å². The number of ketones is 1. The van der Waals surface area contributed by atoms with E-state index >= 15 is 0 Å². The molecule has 15 heavy (non-hydrogen) atoms. The molecule has 1 aliphatic rings. The number of carbonyl (C=O) groups excluding carboxylic acids is 1. The van der Waals surface area contributed by atoms with Gasteiger partial charge in [-0.05, 0) is 66.0 Å². The summed E-state index contributed by atoms with van der Waals surface area (Å²) in [6, 6.07) is 7.79. The minimum atomic E-state index is 0.222. The Hall–Kier alpha value is -0.640. The van der Waals surface area contributed by atoms with Gasteiger partial charge in [-0.3, -0.25) is 4.79 Å². The van der Waals surface area contributed by atoms with Crippen molar-refractivity contribution in [3.05, 3.63) is 45.0 Å². The molecular weight excluding hydrogens is 299 g/mol. The highest BCUT2D eigenvalue weighted by atomic mass is 127. The summed E-state index contributed by atoms with van der Waals surface area (Å²) in [7, 11) is 0. The normalized spacial score (nSPS) is 15.9. The summed E-state index contributed by atoms with van der Waals surface area (Å²) in [6.07, 6.45) is 6.49. The van der Waals surface area contributed by atoms with Crippen LogP contribution in [0, 0.1) is 3.57 Å². The van der Waals surface area contributed by atoms with Gasteiger partial charge in [0, 0.05) is 9.13 Å². The SMILES string of the molecule is O=C(C1=CCCCC1)c1ccccc1I. The molecule has 1 aliphatic carbocycles. The van der Waals surface area contributed by atoms with Crippen LogP contribution in [0.15, 0.2) is 35.9 Å². The molecule has 0 N–H and O–H groups in total. The van der Waals surface area contributed by atoms with Crippen LogP contribution in [0.2, 0.25) is 0 Å². The van der Waals surface area contributed by atoms with Crippen LogP contribution in [-0.2, 0) is 0 Å². The summed E-state index contributed by atoms with van der Waals surface area (Å²) in [5.41, 5.74) is 1.86. The van der Waals surface area contributed by atoms with Crippen LogP contribution in [-0.4, -0.2) is 5.78 Å². The Bertz CT molecular complexity index is 407. The number of halogens is 1. The number of benzene rings is 1. The van der Waals surface area contributed by atoms with E-state index in [1.165, 1.54) is 6.42 Å². The highest BCUT2D eigenvalue weighted by molar-refractivity contribution is 14.1. The average Bonchev–Trinajstić information content (AvgIpc) is 2.30. The Labute approximate surface area is 104 Å². The first kappa shape index (κ1) is 10.9. The number of Topliss-reactive ketones (excluding diaryl/α,β-unsaturated/α-hetero) is 1. The first-order chi connectivity index (χ1) is 7.29. The van der Waals surface area contributed by atoms with Gasteiger partial charge in [0.1, 0.15) is 0 Å². The molecule has 1 nitrogen and oxygen atoms in total. The maximum atomic E-state index is 12.1. The van der Waals surface area contributed by atoms with Gasteiger partial charge in [0.25, 0.3) is 0 Å². The first-order valence-electron chi connectivity index (χ1n) is 5.27. The van der Waals surface area contributed by atoms with E-state index in [0.717, 1.165) is 34.0 Å². The fraction of sp³-hybridized carbons (Fsp3) is 0.308. The number of hydrogen-bond donors (Lipinski definition) is 0. The van der Waals surface area contributed by atoms with Crippen LogP contribution in [0.25, 0.3) is 0 Å². The zero-order valence-electron chi connectivity index (χ0n) is 8.50. The van der Waals surface area contributed by atoms with E-state index in [9.17, 15) is 4.79 Å². The third kappa shape index (κ3) is 2.48. The highest BCUT2D eigenvalue weighted by Gasteiger charge is 2.15. The molecule has 0 aromatic heterocycles. The predicted octanol–water partition coefficient (Wildman–Crippen LogP) is 3.97. The molecule has 1 aromatic carbocycles. The van der Waals surface area contributed by atoms with Gasteiger partial charge in [-0.15, -0.1) is 0 Å². The summed E-state index contributed by atoms with van der Waals surface area (Å²) < 4.78 is 1.05. The zero-order valence-corrected chi connectivity index (χ0v) is 10.7. The summed E-state index contributed by atoms with van der Waals surface area (Å²) in [5.74, 6) is 0.222. The van der Waals surface area contributed by atoms with Crippen molar-refractivity contribution in [2.75, 3.05) is 0 Å². The number of allylic oxidation sites excluding steroid dienone is 2. The largest absolute Gasteiger partial charge is 0.289 e. The van der Waals surface area contributed by atoms with Crippen LogP contribution >= 0.6 is 22.6 Å². The minimum Gasteiger partial charge on any atom is -0.289 e. The molecule has 0 amide bonds. The van der Waals surface area contributed by atoms with E-state index in [0.29, 0.717) is 0 Å². The maximum absolute atomic E-state index is 12.1. The molecule has 0 fully saturated rings. The predicted molar refractivity (Wildman–Crippen MR) is 70.0 cm³/mol. The molecule has 0 bridgehead atoms. The second-order valence-corrected chi connectivity index (χ2v) is 4.95. The van der Waals surface area contributed by atoms with Crippen molar-refractivity contribution in [2.45, 2.75) is 25.7 Å². The van der Waals surface area contributed by atoms with E-state index in [-0.39, 0.29) is 5.78 Å². The Balaban J connectivity index is 2.28. The van der Waals surface area contributed by atoms with Crippen molar-refractivity contribution in [3.63, 3.8) is 0 Å². The summed E-state index contributed by atoms with van der Waals surface area (Å²) in [5, 5.41) is 0. The lowest BCUT2D eigenvalue weighted by Crippen LogP contribution is -2.07. The molecule has 0 aliphatic heterocycles. The van der Waals surface area contributed by atoms with Gasteiger partial charge in [-0.2, -0.15) is 0 Å². The standard InChI is InChI=1S/C13H13IO/c14-12-9-5-4-8-11(12)13(15)10-6-2-1-3-7-10/h4-6,8-9H,1-3,7H2. The number of hydrogen-bond acceptors (Lipinski definition) is 1. The summed E-state index contributed by atoms with van der Waals surface area (Å²) in [4.78, 5) is 12.1. The summed E-state index contributed by atoms with van der Waals surface area (Å²) in [6.45, 7) is 0. The van der Waals surface area contributed by atoms with E-state index in [1.54, 1.807) is 0 Å². The van der Waals surface area contributed by atoms with Crippen molar-refractivity contribution in [3.8, 4) is 0 Å². The van der Waals surface area contributed by atoms with E-state index < -0.39 is 0 Å².